The number of benzene rings is 3. The fourth-order valence-corrected chi connectivity index (χ4v) is 4.80. The number of nitrogens with zero attached hydrogens (tertiary/aromatic N) is 1. The first-order valence-electron chi connectivity index (χ1n) is 8.81. The van der Waals surface area contributed by atoms with Gasteiger partial charge in [-0.2, -0.15) is 0 Å². The highest BCUT2D eigenvalue weighted by atomic mass is 15.0. The molecular weight excluding hydrogens is 304 g/mol. The highest BCUT2D eigenvalue weighted by molar-refractivity contribution is 6.15. The van der Waals surface area contributed by atoms with Gasteiger partial charge in [-0.25, -0.2) is 0 Å². The minimum absolute atomic E-state index is 0.0479. The van der Waals surface area contributed by atoms with Gasteiger partial charge in [-0.3, -0.25) is 0 Å². The third kappa shape index (κ3) is 1.46. The Balaban J connectivity index is 1.95. The summed E-state index contributed by atoms with van der Waals surface area (Å²) in [6.45, 7) is 4.72. The molecule has 0 atom stereocenters. The van der Waals surface area contributed by atoms with E-state index in [1.165, 1.54) is 49.5 Å². The topological polar surface area (TPSA) is 20.7 Å². The molecule has 25 heavy (non-hydrogen) atoms. The quantitative estimate of drug-likeness (QED) is 0.366. The maximum Gasteiger partial charge on any atom is 0.0577 e. The van der Waals surface area contributed by atoms with Crippen molar-refractivity contribution < 1.29 is 0 Å². The lowest BCUT2D eigenvalue weighted by atomic mass is 9.73. The summed E-state index contributed by atoms with van der Waals surface area (Å²) in [5, 5.41) is 3.98. The fraction of sp³-hybridized carbons (Fsp3) is 0.130. The van der Waals surface area contributed by atoms with Crippen LogP contribution >= 0.6 is 0 Å². The molecule has 0 fully saturated rings. The molecule has 0 spiro atoms. The molecule has 3 heterocycles. The monoisotopic (exact) mass is 322 g/mol. The van der Waals surface area contributed by atoms with Crippen LogP contribution in [0.5, 0.6) is 0 Å². The van der Waals surface area contributed by atoms with Crippen molar-refractivity contribution in [3.8, 4) is 5.69 Å². The van der Waals surface area contributed by atoms with Gasteiger partial charge in [0.1, 0.15) is 0 Å². The number of hydrogen-bond donors (Lipinski definition) is 1. The molecule has 0 saturated carbocycles. The molecule has 0 amide bonds. The number of para-hydroxylation sites is 2. The summed E-state index contributed by atoms with van der Waals surface area (Å²) in [5.41, 5.74) is 7.86. The van der Waals surface area contributed by atoms with Gasteiger partial charge in [0, 0.05) is 44.5 Å². The standard InChI is InChI=1S/C23H18N2/c1-23(2)16-8-4-6-10-19(16)25-12-11-14-13-18-20(21(23)22(14)25)15-7-3-5-9-17(15)24-18/h3-13,24H,1-2H3. The lowest BCUT2D eigenvalue weighted by Gasteiger charge is -2.35. The van der Waals surface area contributed by atoms with Crippen molar-refractivity contribution in [3.05, 3.63) is 78.0 Å². The molecule has 2 aromatic heterocycles. The van der Waals surface area contributed by atoms with Crippen LogP contribution in [0.1, 0.15) is 25.0 Å². The van der Waals surface area contributed by atoms with E-state index in [1.54, 1.807) is 0 Å². The Morgan fingerprint density at radius 2 is 1.68 bits per heavy atom. The van der Waals surface area contributed by atoms with Crippen LogP contribution < -0.4 is 0 Å². The van der Waals surface area contributed by atoms with E-state index in [9.17, 15) is 0 Å². The van der Waals surface area contributed by atoms with Crippen molar-refractivity contribution in [1.29, 1.82) is 0 Å². The highest BCUT2D eigenvalue weighted by Crippen LogP contribution is 2.48. The predicted molar refractivity (Wildman–Crippen MR) is 105 cm³/mol. The van der Waals surface area contributed by atoms with Crippen LogP contribution in [0.15, 0.2) is 66.9 Å². The number of H-pyrrole nitrogens is 1. The maximum absolute atomic E-state index is 3.63. The predicted octanol–water partition coefficient (Wildman–Crippen LogP) is 5.90. The van der Waals surface area contributed by atoms with E-state index < -0.39 is 0 Å². The smallest absolute Gasteiger partial charge is 0.0577 e. The summed E-state index contributed by atoms with van der Waals surface area (Å²) in [7, 11) is 0. The highest BCUT2D eigenvalue weighted by Gasteiger charge is 2.35. The molecule has 0 bridgehead atoms. The minimum Gasteiger partial charge on any atom is -0.354 e. The summed E-state index contributed by atoms with van der Waals surface area (Å²) < 4.78 is 2.37. The van der Waals surface area contributed by atoms with Crippen LogP contribution in [0.4, 0.5) is 0 Å². The number of aromatic amines is 1. The van der Waals surface area contributed by atoms with E-state index >= 15 is 0 Å². The van der Waals surface area contributed by atoms with Crippen molar-refractivity contribution in [1.82, 2.24) is 9.55 Å². The van der Waals surface area contributed by atoms with Gasteiger partial charge in [0.2, 0.25) is 0 Å². The molecule has 0 unspecified atom stereocenters. The van der Waals surface area contributed by atoms with E-state index in [0.717, 1.165) is 0 Å². The third-order valence-corrected chi connectivity index (χ3v) is 5.90. The Morgan fingerprint density at radius 3 is 2.60 bits per heavy atom. The summed E-state index contributed by atoms with van der Waals surface area (Å²) in [5.74, 6) is 0. The second-order valence-corrected chi connectivity index (χ2v) is 7.61. The number of nitrogens with one attached hydrogen (secondary N) is 1. The number of rotatable bonds is 0. The van der Waals surface area contributed by atoms with Crippen molar-refractivity contribution in [2.45, 2.75) is 19.3 Å². The SMILES string of the molecule is CC1(C)c2ccccc2-n2ccc3cc4[nH]c5ccccc5c4c1c32. The number of fused-ring (bicyclic) bond motifs is 6. The van der Waals surface area contributed by atoms with Crippen molar-refractivity contribution in [2.24, 2.45) is 0 Å². The van der Waals surface area contributed by atoms with Crippen molar-refractivity contribution in [3.63, 3.8) is 0 Å². The van der Waals surface area contributed by atoms with Gasteiger partial charge in [-0.1, -0.05) is 50.2 Å². The molecule has 3 aromatic carbocycles. The summed E-state index contributed by atoms with van der Waals surface area (Å²) in [6.07, 6.45) is 2.21. The van der Waals surface area contributed by atoms with Crippen LogP contribution in [0, 0.1) is 0 Å². The largest absolute Gasteiger partial charge is 0.354 e. The lowest BCUT2D eigenvalue weighted by Crippen LogP contribution is -2.26. The van der Waals surface area contributed by atoms with Crippen LogP contribution in [-0.2, 0) is 5.41 Å². The average Bonchev–Trinajstić information content (AvgIpc) is 3.20. The Bertz CT molecular complexity index is 1310. The fourth-order valence-electron chi connectivity index (χ4n) is 4.80. The summed E-state index contributed by atoms with van der Waals surface area (Å²) >= 11 is 0. The van der Waals surface area contributed by atoms with Gasteiger partial charge >= 0.3 is 0 Å². The third-order valence-electron chi connectivity index (χ3n) is 5.90. The molecule has 2 heteroatoms. The Hall–Kier alpha value is -3.00. The second kappa shape index (κ2) is 4.15. The van der Waals surface area contributed by atoms with Crippen molar-refractivity contribution in [2.75, 3.05) is 0 Å². The van der Waals surface area contributed by atoms with E-state index in [1.807, 2.05) is 0 Å². The summed E-state index contributed by atoms with van der Waals surface area (Å²) in [4.78, 5) is 3.63. The summed E-state index contributed by atoms with van der Waals surface area (Å²) in [6, 6.07) is 22.0. The van der Waals surface area contributed by atoms with Gasteiger partial charge in [-0.15, -0.1) is 0 Å². The molecule has 1 aliphatic rings. The van der Waals surface area contributed by atoms with E-state index in [-0.39, 0.29) is 5.41 Å². The molecule has 2 nitrogen and oxygen atoms in total. The maximum atomic E-state index is 3.63. The van der Waals surface area contributed by atoms with Gasteiger partial charge < -0.3 is 9.55 Å². The van der Waals surface area contributed by atoms with Gasteiger partial charge in [0.15, 0.2) is 0 Å². The molecule has 6 rings (SSSR count). The molecular formula is C23H18N2. The normalized spacial score (nSPS) is 15.1. The van der Waals surface area contributed by atoms with Crippen LogP contribution in [0.2, 0.25) is 0 Å². The lowest BCUT2D eigenvalue weighted by molar-refractivity contribution is 0.635. The van der Waals surface area contributed by atoms with E-state index in [4.69, 9.17) is 0 Å². The Labute approximate surface area is 145 Å². The number of hydrogen-bond acceptors (Lipinski definition) is 0. The zero-order valence-electron chi connectivity index (χ0n) is 14.3. The molecule has 120 valence electrons. The first-order valence-corrected chi connectivity index (χ1v) is 8.81. The molecule has 0 saturated heterocycles. The molecule has 5 aromatic rings. The molecule has 0 aliphatic carbocycles. The first-order chi connectivity index (χ1) is 12.2. The minimum atomic E-state index is -0.0479. The van der Waals surface area contributed by atoms with E-state index in [0.29, 0.717) is 0 Å². The first kappa shape index (κ1) is 13.3. The zero-order valence-corrected chi connectivity index (χ0v) is 14.3. The van der Waals surface area contributed by atoms with Gasteiger partial charge in [-0.05, 0) is 35.4 Å². The van der Waals surface area contributed by atoms with Gasteiger partial charge in [0.05, 0.1) is 5.52 Å². The second-order valence-electron chi connectivity index (χ2n) is 7.61. The Kier molecular flexibility index (Phi) is 2.21. The Morgan fingerprint density at radius 1 is 0.880 bits per heavy atom. The molecule has 1 N–H and O–H groups in total. The molecule has 0 radical (unpaired) electrons. The zero-order chi connectivity index (χ0) is 16.8. The van der Waals surface area contributed by atoms with Gasteiger partial charge in [0.25, 0.3) is 0 Å². The van der Waals surface area contributed by atoms with Crippen LogP contribution in [0.25, 0.3) is 38.4 Å². The average molecular weight is 322 g/mol. The van der Waals surface area contributed by atoms with E-state index in [2.05, 4.69) is 90.3 Å². The molecule has 1 aliphatic heterocycles. The van der Waals surface area contributed by atoms with Crippen LogP contribution in [0.3, 0.4) is 0 Å². The van der Waals surface area contributed by atoms with Crippen molar-refractivity contribution >= 4 is 32.7 Å². The number of aromatic nitrogens is 2. The van der Waals surface area contributed by atoms with Crippen LogP contribution in [-0.4, -0.2) is 9.55 Å².